The molecule has 3 aromatic rings. The molecule has 7 heteroatoms. The molecular formula is C18H22N4O3. The molecule has 4 N–H and O–H groups in total. The number of ether oxygens (including phenoxy) is 1. The van der Waals surface area contributed by atoms with Crippen molar-refractivity contribution in [3.05, 3.63) is 73.1 Å². The van der Waals surface area contributed by atoms with E-state index in [4.69, 9.17) is 4.74 Å². The van der Waals surface area contributed by atoms with Crippen LogP contribution in [0.25, 0.3) is 0 Å². The molecule has 7 nitrogen and oxygen atoms in total. The fourth-order valence-electron chi connectivity index (χ4n) is 3.14. The molecule has 132 valence electrons. The van der Waals surface area contributed by atoms with Gasteiger partial charge in [-0.2, -0.15) is 0 Å². The maximum Gasteiger partial charge on any atom is 0.268 e. The minimum absolute atomic E-state index is 0.0296. The molecule has 0 saturated carbocycles. The van der Waals surface area contributed by atoms with Crippen LogP contribution in [0.3, 0.4) is 0 Å². The van der Waals surface area contributed by atoms with E-state index in [0.717, 1.165) is 5.56 Å². The van der Waals surface area contributed by atoms with Crippen LogP contribution < -0.4 is 15.9 Å². The van der Waals surface area contributed by atoms with Crippen molar-refractivity contribution in [1.82, 2.24) is 20.4 Å². The van der Waals surface area contributed by atoms with Crippen LogP contribution in [0.1, 0.15) is 47.8 Å². The monoisotopic (exact) mass is 342 g/mol. The van der Waals surface area contributed by atoms with Gasteiger partial charge in [0.25, 0.3) is 11.1 Å². The van der Waals surface area contributed by atoms with Gasteiger partial charge in [0.2, 0.25) is 0 Å². The van der Waals surface area contributed by atoms with E-state index in [1.165, 1.54) is 0 Å². The largest absolute Gasteiger partial charge is 0.491 e. The molecule has 25 heavy (non-hydrogen) atoms. The average molecular weight is 342 g/mol. The van der Waals surface area contributed by atoms with Gasteiger partial charge in [-0.3, -0.25) is 19.8 Å². The SMILES string of the molecule is Cc1[nH][nH]c(=O)c1C(c1ccccc1OC(C)C)c1c(C)[nH][nH]c1=O. The summed E-state index contributed by atoms with van der Waals surface area (Å²) in [6, 6.07) is 7.50. The van der Waals surface area contributed by atoms with Gasteiger partial charge >= 0.3 is 0 Å². The van der Waals surface area contributed by atoms with E-state index >= 15 is 0 Å². The van der Waals surface area contributed by atoms with Crippen molar-refractivity contribution in [2.45, 2.75) is 39.7 Å². The van der Waals surface area contributed by atoms with Gasteiger partial charge in [0, 0.05) is 17.0 Å². The number of hydrogen-bond donors (Lipinski definition) is 4. The molecule has 0 fully saturated rings. The van der Waals surface area contributed by atoms with E-state index < -0.39 is 5.92 Å². The average Bonchev–Trinajstić information content (AvgIpc) is 3.06. The normalized spacial score (nSPS) is 11.4. The third-order valence-electron chi connectivity index (χ3n) is 4.19. The van der Waals surface area contributed by atoms with E-state index in [1.807, 2.05) is 52.0 Å². The number of hydrogen-bond acceptors (Lipinski definition) is 3. The second-order valence-corrected chi connectivity index (χ2v) is 6.37. The summed E-state index contributed by atoms with van der Waals surface area (Å²) < 4.78 is 5.94. The van der Waals surface area contributed by atoms with Gasteiger partial charge in [-0.25, -0.2) is 0 Å². The van der Waals surface area contributed by atoms with E-state index in [0.29, 0.717) is 28.3 Å². The van der Waals surface area contributed by atoms with E-state index in [-0.39, 0.29) is 17.2 Å². The van der Waals surface area contributed by atoms with Gasteiger partial charge in [-0.15, -0.1) is 0 Å². The molecule has 0 unspecified atom stereocenters. The molecule has 0 atom stereocenters. The third-order valence-corrected chi connectivity index (χ3v) is 4.19. The van der Waals surface area contributed by atoms with Crippen LogP contribution in [0.2, 0.25) is 0 Å². The maximum atomic E-state index is 12.5. The minimum Gasteiger partial charge on any atom is -0.491 e. The lowest BCUT2D eigenvalue weighted by atomic mass is 9.85. The van der Waals surface area contributed by atoms with Crippen molar-refractivity contribution in [3.8, 4) is 5.75 Å². The van der Waals surface area contributed by atoms with Crippen LogP contribution in [0, 0.1) is 13.8 Å². The molecular weight excluding hydrogens is 320 g/mol. The van der Waals surface area contributed by atoms with E-state index in [1.54, 1.807) is 0 Å². The fraction of sp³-hybridized carbons (Fsp3) is 0.333. The Morgan fingerprint density at radius 2 is 1.36 bits per heavy atom. The predicted molar refractivity (Wildman–Crippen MR) is 95.5 cm³/mol. The molecule has 1 aromatic carbocycles. The lowest BCUT2D eigenvalue weighted by molar-refractivity contribution is 0.239. The van der Waals surface area contributed by atoms with Gasteiger partial charge in [0.1, 0.15) is 5.75 Å². The molecule has 0 spiro atoms. The Labute approximate surface area is 144 Å². The highest BCUT2D eigenvalue weighted by Crippen LogP contribution is 2.36. The molecule has 2 heterocycles. The number of rotatable bonds is 5. The molecule has 0 amide bonds. The van der Waals surface area contributed by atoms with Crippen LogP contribution >= 0.6 is 0 Å². The summed E-state index contributed by atoms with van der Waals surface area (Å²) in [5, 5.41) is 10.9. The third kappa shape index (κ3) is 3.05. The Morgan fingerprint density at radius 3 is 1.80 bits per heavy atom. The highest BCUT2D eigenvalue weighted by atomic mass is 16.5. The van der Waals surface area contributed by atoms with Gasteiger partial charge in [0.15, 0.2) is 0 Å². The van der Waals surface area contributed by atoms with Gasteiger partial charge in [-0.1, -0.05) is 18.2 Å². The number of aryl methyl sites for hydroxylation is 2. The van der Waals surface area contributed by atoms with Crippen LogP contribution in [0.4, 0.5) is 0 Å². The predicted octanol–water partition coefficient (Wildman–Crippen LogP) is 2.30. The van der Waals surface area contributed by atoms with Crippen molar-refractivity contribution < 1.29 is 4.74 Å². The topological polar surface area (TPSA) is 107 Å². The molecule has 0 aliphatic rings. The number of aromatic amines is 4. The van der Waals surface area contributed by atoms with Crippen molar-refractivity contribution in [2.24, 2.45) is 0 Å². The van der Waals surface area contributed by atoms with Gasteiger partial charge in [-0.05, 0) is 33.8 Å². The highest BCUT2D eigenvalue weighted by Gasteiger charge is 2.30. The van der Waals surface area contributed by atoms with Gasteiger partial charge in [0.05, 0.1) is 23.1 Å². The summed E-state index contributed by atoms with van der Waals surface area (Å²) in [4.78, 5) is 24.9. The minimum atomic E-state index is -0.542. The first-order valence-electron chi connectivity index (χ1n) is 8.20. The van der Waals surface area contributed by atoms with E-state index in [9.17, 15) is 9.59 Å². The number of nitrogens with one attached hydrogen (secondary N) is 4. The smallest absolute Gasteiger partial charge is 0.268 e. The Kier molecular flexibility index (Phi) is 4.39. The lowest BCUT2D eigenvalue weighted by Crippen LogP contribution is -2.21. The van der Waals surface area contributed by atoms with E-state index in [2.05, 4.69) is 20.4 Å². The first kappa shape index (κ1) is 16.9. The van der Waals surface area contributed by atoms with Crippen LogP contribution in [-0.4, -0.2) is 26.5 Å². The Hall–Kier alpha value is -2.96. The standard InChI is InChI=1S/C18H22N4O3/c1-9(2)25-13-8-6-5-7-12(13)16(14-10(3)19-21-17(14)23)15-11(4)20-22-18(15)24/h5-9,16H,1-4H3,(H2,19,21,23)(H2,20,22,24). The van der Waals surface area contributed by atoms with Crippen molar-refractivity contribution in [1.29, 1.82) is 0 Å². The zero-order valence-electron chi connectivity index (χ0n) is 14.7. The second-order valence-electron chi connectivity index (χ2n) is 6.37. The molecule has 0 bridgehead atoms. The van der Waals surface area contributed by atoms with Crippen LogP contribution in [-0.2, 0) is 0 Å². The first-order valence-corrected chi connectivity index (χ1v) is 8.20. The molecule has 0 saturated heterocycles. The Morgan fingerprint density at radius 1 is 0.840 bits per heavy atom. The number of benzene rings is 1. The second kappa shape index (κ2) is 6.51. The first-order chi connectivity index (χ1) is 11.9. The summed E-state index contributed by atoms with van der Waals surface area (Å²) in [7, 11) is 0. The summed E-state index contributed by atoms with van der Waals surface area (Å²) in [6.45, 7) is 7.49. The van der Waals surface area contributed by atoms with Crippen molar-refractivity contribution in [3.63, 3.8) is 0 Å². The Balaban J connectivity index is 2.31. The lowest BCUT2D eigenvalue weighted by Gasteiger charge is -2.21. The highest BCUT2D eigenvalue weighted by molar-refractivity contribution is 5.50. The Bertz CT molecular complexity index is 936. The van der Waals surface area contributed by atoms with Crippen molar-refractivity contribution >= 4 is 0 Å². The quantitative estimate of drug-likeness (QED) is 0.571. The summed E-state index contributed by atoms with van der Waals surface area (Å²) in [5.74, 6) is 0.113. The maximum absolute atomic E-state index is 12.5. The van der Waals surface area contributed by atoms with Crippen LogP contribution in [0.15, 0.2) is 33.9 Å². The van der Waals surface area contributed by atoms with Crippen LogP contribution in [0.5, 0.6) is 5.75 Å². The number of para-hydroxylation sites is 1. The molecule has 0 radical (unpaired) electrons. The molecule has 2 aromatic heterocycles. The van der Waals surface area contributed by atoms with Crippen molar-refractivity contribution in [2.75, 3.05) is 0 Å². The molecule has 0 aliphatic carbocycles. The van der Waals surface area contributed by atoms with Gasteiger partial charge < -0.3 is 14.9 Å². The zero-order valence-corrected chi connectivity index (χ0v) is 14.7. The summed E-state index contributed by atoms with van der Waals surface area (Å²) in [5.41, 5.74) is 2.67. The summed E-state index contributed by atoms with van der Waals surface area (Å²) >= 11 is 0. The summed E-state index contributed by atoms with van der Waals surface area (Å²) in [6.07, 6.45) is -0.0296. The number of aromatic nitrogens is 4. The molecule has 3 rings (SSSR count). The fourth-order valence-corrected chi connectivity index (χ4v) is 3.14. The zero-order chi connectivity index (χ0) is 18.1. The molecule has 0 aliphatic heterocycles. The number of H-pyrrole nitrogens is 4.